The van der Waals surface area contributed by atoms with Gasteiger partial charge >= 0.3 is 0 Å². The van der Waals surface area contributed by atoms with Crippen molar-refractivity contribution >= 4 is 29.3 Å². The Morgan fingerprint density at radius 1 is 1.03 bits per heavy atom. The van der Waals surface area contributed by atoms with Gasteiger partial charge in [-0.1, -0.05) is 6.07 Å². The summed E-state index contributed by atoms with van der Waals surface area (Å²) in [6.07, 6.45) is 0.221. The lowest BCUT2D eigenvalue weighted by Gasteiger charge is -2.40. The lowest BCUT2D eigenvalue weighted by Crippen LogP contribution is -2.55. The molecule has 0 spiro atoms. The van der Waals surface area contributed by atoms with Crippen molar-refractivity contribution in [3.05, 3.63) is 29.3 Å². The molecule has 1 aromatic rings. The molecule has 3 N–H and O–H groups in total. The molecule has 4 rings (SSSR count). The SMILES string of the molecule is O=C1CCC(N2C(=O)c3cccc(NC4CN(CCOCCOCCO)C4)c3C2=O)C(=O)N1. The number of hydrogen-bond acceptors (Lipinski definition) is 9. The first-order valence-corrected chi connectivity index (χ1v) is 11.1. The van der Waals surface area contributed by atoms with Crippen LogP contribution in [0.2, 0.25) is 0 Å². The van der Waals surface area contributed by atoms with Gasteiger partial charge in [-0.2, -0.15) is 0 Å². The minimum Gasteiger partial charge on any atom is -0.394 e. The first kappa shape index (κ1) is 23.3. The van der Waals surface area contributed by atoms with Crippen LogP contribution in [0.1, 0.15) is 33.6 Å². The number of ether oxygens (including phenoxy) is 2. The van der Waals surface area contributed by atoms with Crippen LogP contribution in [0.15, 0.2) is 18.2 Å². The molecule has 1 atom stereocenters. The molecule has 3 heterocycles. The quantitative estimate of drug-likeness (QED) is 0.286. The van der Waals surface area contributed by atoms with Crippen LogP contribution in [-0.4, -0.2) is 103 Å². The molecule has 2 fully saturated rings. The first-order valence-electron chi connectivity index (χ1n) is 11.1. The summed E-state index contributed by atoms with van der Waals surface area (Å²) in [6, 6.07) is 4.20. The zero-order chi connectivity index (χ0) is 23.4. The van der Waals surface area contributed by atoms with E-state index in [4.69, 9.17) is 14.6 Å². The maximum atomic E-state index is 13.1. The van der Waals surface area contributed by atoms with Gasteiger partial charge in [0.2, 0.25) is 11.8 Å². The second-order valence-electron chi connectivity index (χ2n) is 8.22. The summed E-state index contributed by atoms with van der Waals surface area (Å²) in [7, 11) is 0. The number of nitrogens with one attached hydrogen (secondary N) is 2. The van der Waals surface area contributed by atoms with Crippen LogP contribution in [-0.2, 0) is 19.1 Å². The molecule has 0 saturated carbocycles. The second-order valence-corrected chi connectivity index (χ2v) is 8.22. The molecule has 0 bridgehead atoms. The van der Waals surface area contributed by atoms with E-state index in [1.807, 2.05) is 0 Å². The summed E-state index contributed by atoms with van der Waals surface area (Å²) in [6.45, 7) is 4.13. The van der Waals surface area contributed by atoms with Crippen molar-refractivity contribution in [2.75, 3.05) is 58.0 Å². The average molecular weight is 460 g/mol. The molecule has 0 radical (unpaired) electrons. The van der Waals surface area contributed by atoms with Crippen molar-refractivity contribution in [2.24, 2.45) is 0 Å². The number of imide groups is 2. The fourth-order valence-corrected chi connectivity index (χ4v) is 4.28. The van der Waals surface area contributed by atoms with Crippen molar-refractivity contribution in [2.45, 2.75) is 24.9 Å². The van der Waals surface area contributed by atoms with Gasteiger partial charge in [0.15, 0.2) is 0 Å². The van der Waals surface area contributed by atoms with Crippen molar-refractivity contribution in [3.8, 4) is 0 Å². The van der Waals surface area contributed by atoms with E-state index in [0.29, 0.717) is 32.1 Å². The molecule has 0 aliphatic carbocycles. The van der Waals surface area contributed by atoms with Gasteiger partial charge in [0.1, 0.15) is 6.04 Å². The van der Waals surface area contributed by atoms with Gasteiger partial charge in [-0.15, -0.1) is 0 Å². The van der Waals surface area contributed by atoms with Gasteiger partial charge in [-0.3, -0.25) is 34.3 Å². The minimum atomic E-state index is -0.976. The Balaban J connectivity index is 1.29. The fraction of sp³-hybridized carbons (Fsp3) is 0.545. The highest BCUT2D eigenvalue weighted by atomic mass is 16.5. The van der Waals surface area contributed by atoms with Gasteiger partial charge in [0, 0.05) is 31.7 Å². The van der Waals surface area contributed by atoms with E-state index < -0.39 is 29.7 Å². The molecule has 4 amide bonds. The molecule has 1 unspecified atom stereocenters. The standard InChI is InChI=1S/C22H28N4O7/c27-7-9-33-11-10-32-8-6-25-12-14(13-25)23-16-3-1-2-15-19(16)22(31)26(21(15)30)17-4-5-18(28)24-20(17)29/h1-3,14,17,23,27H,4-13H2,(H,24,28,29). The molecular formula is C22H28N4O7. The predicted octanol–water partition coefficient (Wildman–Crippen LogP) is -0.791. The Morgan fingerprint density at radius 3 is 2.52 bits per heavy atom. The number of likely N-dealkylation sites (tertiary alicyclic amines) is 1. The Kier molecular flexibility index (Phi) is 7.33. The predicted molar refractivity (Wildman–Crippen MR) is 116 cm³/mol. The Hall–Kier alpha value is -2.86. The van der Waals surface area contributed by atoms with Crippen LogP contribution in [0.3, 0.4) is 0 Å². The summed E-state index contributed by atoms with van der Waals surface area (Å²) in [5, 5.41) is 14.2. The normalized spacial score (nSPS) is 21.2. The van der Waals surface area contributed by atoms with Crippen LogP contribution in [0.4, 0.5) is 5.69 Å². The van der Waals surface area contributed by atoms with E-state index in [0.717, 1.165) is 24.5 Å². The lowest BCUT2D eigenvalue weighted by molar-refractivity contribution is -0.136. The summed E-state index contributed by atoms with van der Waals surface area (Å²) >= 11 is 0. The largest absolute Gasteiger partial charge is 0.394 e. The maximum Gasteiger partial charge on any atom is 0.264 e. The number of nitrogens with zero attached hydrogens (tertiary/aromatic N) is 2. The maximum absolute atomic E-state index is 13.1. The number of carbonyl (C=O) groups excluding carboxylic acids is 4. The van der Waals surface area contributed by atoms with Gasteiger partial charge in [-0.25, -0.2) is 0 Å². The fourth-order valence-electron chi connectivity index (χ4n) is 4.28. The minimum absolute atomic E-state index is 0.00149. The van der Waals surface area contributed by atoms with Gasteiger partial charge in [0.25, 0.3) is 11.8 Å². The first-order chi connectivity index (χ1) is 16.0. The summed E-state index contributed by atoms with van der Waals surface area (Å²) in [5.74, 6) is -2.04. The number of rotatable bonds is 11. The number of anilines is 1. The van der Waals surface area contributed by atoms with Crippen molar-refractivity contribution in [3.63, 3.8) is 0 Å². The number of piperidine rings is 1. The average Bonchev–Trinajstić information content (AvgIpc) is 3.02. The van der Waals surface area contributed by atoms with Crippen LogP contribution >= 0.6 is 0 Å². The Labute approximate surface area is 191 Å². The number of carbonyl (C=O) groups is 4. The van der Waals surface area contributed by atoms with Crippen LogP contribution in [0.25, 0.3) is 0 Å². The van der Waals surface area contributed by atoms with E-state index in [1.165, 1.54) is 0 Å². The highest BCUT2D eigenvalue weighted by molar-refractivity contribution is 6.25. The van der Waals surface area contributed by atoms with Gasteiger partial charge < -0.3 is 19.9 Å². The van der Waals surface area contributed by atoms with Gasteiger partial charge in [0.05, 0.1) is 50.2 Å². The van der Waals surface area contributed by atoms with Crippen molar-refractivity contribution < 1.29 is 33.8 Å². The second kappa shape index (κ2) is 10.4. The van der Waals surface area contributed by atoms with Crippen LogP contribution < -0.4 is 10.6 Å². The van der Waals surface area contributed by atoms with Crippen LogP contribution in [0, 0.1) is 0 Å². The third kappa shape index (κ3) is 5.06. The summed E-state index contributed by atoms with van der Waals surface area (Å²) in [5.41, 5.74) is 1.11. The van der Waals surface area contributed by atoms with Crippen LogP contribution in [0.5, 0.6) is 0 Å². The third-order valence-corrected chi connectivity index (χ3v) is 5.94. The molecule has 3 aliphatic rings. The highest BCUT2D eigenvalue weighted by Gasteiger charge is 2.45. The topological polar surface area (TPSA) is 138 Å². The number of aliphatic hydroxyl groups excluding tert-OH is 1. The molecule has 178 valence electrons. The van der Waals surface area contributed by atoms with Gasteiger partial charge in [-0.05, 0) is 18.6 Å². The monoisotopic (exact) mass is 460 g/mol. The third-order valence-electron chi connectivity index (χ3n) is 5.94. The van der Waals surface area contributed by atoms with Crippen molar-refractivity contribution in [1.82, 2.24) is 15.1 Å². The van der Waals surface area contributed by atoms with E-state index >= 15 is 0 Å². The molecule has 2 saturated heterocycles. The molecule has 11 heteroatoms. The molecular weight excluding hydrogens is 432 g/mol. The number of aliphatic hydroxyl groups is 1. The number of fused-ring (bicyclic) bond motifs is 1. The molecule has 1 aromatic carbocycles. The molecule has 33 heavy (non-hydrogen) atoms. The van der Waals surface area contributed by atoms with E-state index in [-0.39, 0.29) is 36.6 Å². The summed E-state index contributed by atoms with van der Waals surface area (Å²) in [4.78, 5) is 52.9. The van der Waals surface area contributed by atoms with E-state index in [1.54, 1.807) is 18.2 Å². The number of benzene rings is 1. The highest BCUT2D eigenvalue weighted by Crippen LogP contribution is 2.33. The van der Waals surface area contributed by atoms with E-state index in [9.17, 15) is 19.2 Å². The molecule has 3 aliphatic heterocycles. The zero-order valence-corrected chi connectivity index (χ0v) is 18.2. The summed E-state index contributed by atoms with van der Waals surface area (Å²) < 4.78 is 10.6. The Bertz CT molecular complexity index is 931. The lowest BCUT2D eigenvalue weighted by atomic mass is 10.0. The smallest absolute Gasteiger partial charge is 0.264 e. The van der Waals surface area contributed by atoms with Crippen molar-refractivity contribution in [1.29, 1.82) is 0 Å². The Morgan fingerprint density at radius 2 is 1.79 bits per heavy atom. The zero-order valence-electron chi connectivity index (χ0n) is 18.2. The molecule has 0 aromatic heterocycles. The number of amides is 4. The van der Waals surface area contributed by atoms with E-state index in [2.05, 4.69) is 15.5 Å². The number of hydrogen-bond donors (Lipinski definition) is 3. The molecule has 11 nitrogen and oxygen atoms in total.